The predicted octanol–water partition coefficient (Wildman–Crippen LogP) is 1.24. The molecule has 0 spiro atoms. The molecule has 1 unspecified atom stereocenters. The molecule has 1 aromatic rings. The van der Waals surface area contributed by atoms with Gasteiger partial charge in [-0.1, -0.05) is 6.07 Å². The molecule has 1 atom stereocenters. The van der Waals surface area contributed by atoms with Crippen molar-refractivity contribution in [1.82, 2.24) is 5.32 Å². The fraction of sp³-hybridized carbons (Fsp3) is 0.417. The Balaban J connectivity index is 2.95. The predicted molar refractivity (Wildman–Crippen MR) is 61.9 cm³/mol. The largest absolute Gasteiger partial charge is 0.366 e. The van der Waals surface area contributed by atoms with Gasteiger partial charge in [0.05, 0.1) is 0 Å². The molecule has 0 radical (unpaired) electrons. The number of carbonyl (C=O) groups excluding carboxylic acids is 1. The lowest BCUT2D eigenvalue weighted by atomic mass is 9.99. The van der Waals surface area contributed by atoms with Crippen molar-refractivity contribution in [3.8, 4) is 0 Å². The second-order valence-electron chi connectivity index (χ2n) is 3.90. The zero-order valence-corrected chi connectivity index (χ0v) is 9.50. The fourth-order valence-corrected chi connectivity index (χ4v) is 1.48. The zero-order valence-electron chi connectivity index (χ0n) is 9.50. The Morgan fingerprint density at radius 2 is 2.20 bits per heavy atom. The maximum absolute atomic E-state index is 11.0. The Morgan fingerprint density at radius 3 is 2.73 bits per heavy atom. The number of hydrogen-bond donors (Lipinski definition) is 2. The number of amides is 1. The number of nitrogens with two attached hydrogens (primary N) is 1. The second kappa shape index (κ2) is 4.94. The van der Waals surface area contributed by atoms with E-state index in [1.54, 1.807) is 6.07 Å². The average molecular weight is 206 g/mol. The van der Waals surface area contributed by atoms with Gasteiger partial charge in [0.2, 0.25) is 5.91 Å². The minimum Gasteiger partial charge on any atom is -0.366 e. The van der Waals surface area contributed by atoms with E-state index in [0.29, 0.717) is 11.6 Å². The lowest BCUT2D eigenvalue weighted by Crippen LogP contribution is -2.24. The number of aryl methyl sites for hydroxylation is 1. The molecule has 0 aliphatic rings. The van der Waals surface area contributed by atoms with E-state index in [0.717, 1.165) is 6.42 Å². The van der Waals surface area contributed by atoms with E-state index in [1.807, 2.05) is 26.1 Å². The number of nitrogens with one attached hydrogen (secondary N) is 1. The highest BCUT2D eigenvalue weighted by atomic mass is 16.1. The van der Waals surface area contributed by atoms with Gasteiger partial charge in [0.15, 0.2) is 0 Å². The van der Waals surface area contributed by atoms with Crippen LogP contribution in [0.15, 0.2) is 18.2 Å². The topological polar surface area (TPSA) is 55.1 Å². The van der Waals surface area contributed by atoms with E-state index >= 15 is 0 Å². The minimum atomic E-state index is -0.367. The Labute approximate surface area is 90.7 Å². The van der Waals surface area contributed by atoms with Gasteiger partial charge in [0.1, 0.15) is 0 Å². The normalized spacial score (nSPS) is 12.5. The summed E-state index contributed by atoms with van der Waals surface area (Å²) in [6, 6.07) is 5.99. The van der Waals surface area contributed by atoms with Crippen LogP contribution in [0.25, 0.3) is 0 Å². The van der Waals surface area contributed by atoms with Gasteiger partial charge in [0, 0.05) is 11.6 Å². The average Bonchev–Trinajstić information content (AvgIpc) is 2.20. The van der Waals surface area contributed by atoms with E-state index in [1.165, 1.54) is 11.1 Å². The molecule has 3 N–H and O–H groups in total. The third-order valence-corrected chi connectivity index (χ3v) is 2.65. The molecule has 1 rings (SSSR count). The molecular formula is C12H18N2O. The third kappa shape index (κ3) is 3.06. The zero-order chi connectivity index (χ0) is 11.4. The molecule has 82 valence electrons. The van der Waals surface area contributed by atoms with Crippen molar-refractivity contribution in [3.63, 3.8) is 0 Å². The lowest BCUT2D eigenvalue weighted by molar-refractivity contribution is 0.1000. The molecule has 3 nitrogen and oxygen atoms in total. The van der Waals surface area contributed by atoms with E-state index in [4.69, 9.17) is 5.73 Å². The Hall–Kier alpha value is -1.35. The first kappa shape index (κ1) is 11.7. The van der Waals surface area contributed by atoms with E-state index in [-0.39, 0.29) is 5.91 Å². The Morgan fingerprint density at radius 1 is 1.53 bits per heavy atom. The van der Waals surface area contributed by atoms with Crippen LogP contribution in [0.2, 0.25) is 0 Å². The quantitative estimate of drug-likeness (QED) is 0.779. The number of carbonyl (C=O) groups is 1. The van der Waals surface area contributed by atoms with Crippen LogP contribution in [-0.4, -0.2) is 19.0 Å². The molecule has 0 saturated carbocycles. The highest BCUT2D eigenvalue weighted by Crippen LogP contribution is 2.13. The molecular weight excluding hydrogens is 188 g/mol. The van der Waals surface area contributed by atoms with Gasteiger partial charge in [-0.15, -0.1) is 0 Å². The SMILES string of the molecule is CNC(C)Cc1cc(C(N)=O)ccc1C. The Kier molecular flexibility index (Phi) is 3.86. The number of rotatable bonds is 4. The standard InChI is InChI=1S/C12H18N2O/c1-8-4-5-10(12(13)15)7-11(8)6-9(2)14-3/h4-5,7,9,14H,6H2,1-3H3,(H2,13,15). The summed E-state index contributed by atoms with van der Waals surface area (Å²) in [7, 11) is 1.93. The summed E-state index contributed by atoms with van der Waals surface area (Å²) >= 11 is 0. The first-order chi connectivity index (χ1) is 7.04. The van der Waals surface area contributed by atoms with Crippen LogP contribution >= 0.6 is 0 Å². The molecule has 1 aromatic carbocycles. The summed E-state index contributed by atoms with van der Waals surface area (Å²) in [6.07, 6.45) is 0.906. The molecule has 0 saturated heterocycles. The number of likely N-dealkylation sites (N-methyl/N-ethyl adjacent to an activating group) is 1. The van der Waals surface area contributed by atoms with Crippen LogP contribution in [-0.2, 0) is 6.42 Å². The molecule has 0 aromatic heterocycles. The summed E-state index contributed by atoms with van der Waals surface area (Å²) in [5.41, 5.74) is 8.19. The van der Waals surface area contributed by atoms with Crippen LogP contribution in [0.4, 0.5) is 0 Å². The van der Waals surface area contributed by atoms with Crippen LogP contribution < -0.4 is 11.1 Å². The summed E-state index contributed by atoms with van der Waals surface area (Å²) < 4.78 is 0. The molecule has 3 heteroatoms. The van der Waals surface area contributed by atoms with Gasteiger partial charge in [-0.2, -0.15) is 0 Å². The maximum atomic E-state index is 11.0. The van der Waals surface area contributed by atoms with Gasteiger partial charge in [0.25, 0.3) is 0 Å². The van der Waals surface area contributed by atoms with Gasteiger partial charge >= 0.3 is 0 Å². The first-order valence-electron chi connectivity index (χ1n) is 5.11. The van der Waals surface area contributed by atoms with Crippen molar-refractivity contribution >= 4 is 5.91 Å². The van der Waals surface area contributed by atoms with E-state index < -0.39 is 0 Å². The van der Waals surface area contributed by atoms with Crippen molar-refractivity contribution in [2.45, 2.75) is 26.3 Å². The fourth-order valence-electron chi connectivity index (χ4n) is 1.48. The van der Waals surface area contributed by atoms with E-state index in [2.05, 4.69) is 12.2 Å². The first-order valence-corrected chi connectivity index (χ1v) is 5.11. The molecule has 0 fully saturated rings. The molecule has 15 heavy (non-hydrogen) atoms. The van der Waals surface area contributed by atoms with Crippen molar-refractivity contribution in [2.24, 2.45) is 5.73 Å². The summed E-state index contributed by atoms with van der Waals surface area (Å²) in [4.78, 5) is 11.0. The van der Waals surface area contributed by atoms with Crippen molar-refractivity contribution in [2.75, 3.05) is 7.05 Å². The number of benzene rings is 1. The maximum Gasteiger partial charge on any atom is 0.248 e. The molecule has 0 heterocycles. The summed E-state index contributed by atoms with van der Waals surface area (Å²) in [5.74, 6) is -0.367. The molecule has 0 aliphatic carbocycles. The number of hydrogen-bond acceptors (Lipinski definition) is 2. The van der Waals surface area contributed by atoms with Crippen LogP contribution in [0.1, 0.15) is 28.4 Å². The highest BCUT2D eigenvalue weighted by Gasteiger charge is 2.07. The van der Waals surface area contributed by atoms with Crippen LogP contribution in [0.3, 0.4) is 0 Å². The Bertz CT molecular complexity index is 361. The van der Waals surface area contributed by atoms with Gasteiger partial charge in [-0.3, -0.25) is 4.79 Å². The third-order valence-electron chi connectivity index (χ3n) is 2.65. The van der Waals surface area contributed by atoms with Gasteiger partial charge in [-0.25, -0.2) is 0 Å². The van der Waals surface area contributed by atoms with Crippen LogP contribution in [0.5, 0.6) is 0 Å². The van der Waals surface area contributed by atoms with Crippen molar-refractivity contribution < 1.29 is 4.79 Å². The van der Waals surface area contributed by atoms with Gasteiger partial charge in [-0.05, 0) is 50.6 Å². The van der Waals surface area contributed by atoms with Crippen LogP contribution in [0, 0.1) is 6.92 Å². The summed E-state index contributed by atoms with van der Waals surface area (Å²) in [5, 5.41) is 3.17. The summed E-state index contributed by atoms with van der Waals surface area (Å²) in [6.45, 7) is 4.15. The smallest absolute Gasteiger partial charge is 0.248 e. The van der Waals surface area contributed by atoms with E-state index in [9.17, 15) is 4.79 Å². The second-order valence-corrected chi connectivity index (χ2v) is 3.90. The number of primary amides is 1. The van der Waals surface area contributed by atoms with Gasteiger partial charge < -0.3 is 11.1 Å². The molecule has 0 bridgehead atoms. The lowest BCUT2D eigenvalue weighted by Gasteiger charge is -2.13. The van der Waals surface area contributed by atoms with Crippen molar-refractivity contribution in [3.05, 3.63) is 34.9 Å². The molecule has 0 aliphatic heterocycles. The minimum absolute atomic E-state index is 0.367. The monoisotopic (exact) mass is 206 g/mol. The van der Waals surface area contributed by atoms with Crippen molar-refractivity contribution in [1.29, 1.82) is 0 Å². The highest BCUT2D eigenvalue weighted by molar-refractivity contribution is 5.93. The molecule has 1 amide bonds.